The molecule has 0 aliphatic carbocycles. The van der Waals surface area contributed by atoms with Crippen LogP contribution in [0.25, 0.3) is 0 Å². The fourth-order valence-electron chi connectivity index (χ4n) is 2.84. The molecule has 0 spiro atoms. The van der Waals surface area contributed by atoms with Crippen LogP contribution in [0.3, 0.4) is 0 Å². The van der Waals surface area contributed by atoms with E-state index in [1.807, 2.05) is 6.92 Å². The Kier molecular flexibility index (Phi) is 7.01. The third-order valence-corrected chi connectivity index (χ3v) is 4.98. The molecule has 0 unspecified atom stereocenters. The Balaban J connectivity index is 1.87. The van der Waals surface area contributed by atoms with E-state index < -0.39 is 42.5 Å². The van der Waals surface area contributed by atoms with Crippen molar-refractivity contribution in [2.24, 2.45) is 0 Å². The minimum absolute atomic E-state index is 0.470. The fourth-order valence-corrected chi connectivity index (χ4v) is 3.01. The van der Waals surface area contributed by atoms with Gasteiger partial charge in [0.05, 0.1) is 0 Å². The summed E-state index contributed by atoms with van der Waals surface area (Å²) in [6.07, 6.45) is 2.13. The maximum atomic E-state index is 12.5. The zero-order chi connectivity index (χ0) is 20.9. The number of carbonyl (C=O) groups is 4. The molecule has 1 saturated heterocycles. The first-order valence-electron chi connectivity index (χ1n) is 9.02. The summed E-state index contributed by atoms with van der Waals surface area (Å²) in [5.41, 5.74) is 0.179. The molecule has 0 saturated carbocycles. The summed E-state index contributed by atoms with van der Waals surface area (Å²) in [6, 6.07) is 4.41. The maximum absolute atomic E-state index is 12.5. The van der Waals surface area contributed by atoms with E-state index in [9.17, 15) is 19.2 Å². The minimum atomic E-state index is -1.02. The summed E-state index contributed by atoms with van der Waals surface area (Å²) in [7, 11) is 0. The lowest BCUT2D eigenvalue weighted by molar-refractivity contribution is -0.150. The van der Waals surface area contributed by atoms with Crippen LogP contribution in [0.2, 0.25) is 5.02 Å². The third kappa shape index (κ3) is 5.01. The van der Waals surface area contributed by atoms with Crippen molar-refractivity contribution in [2.45, 2.75) is 45.6 Å². The molecule has 0 bridgehead atoms. The number of unbranched alkanes of at least 4 members (excludes halogenated alkanes) is 1. The molecule has 9 heteroatoms. The highest BCUT2D eigenvalue weighted by molar-refractivity contribution is 6.31. The molecule has 0 aromatic heterocycles. The Morgan fingerprint density at radius 3 is 2.71 bits per heavy atom. The quantitative estimate of drug-likeness (QED) is 0.507. The van der Waals surface area contributed by atoms with Crippen molar-refractivity contribution in [3.63, 3.8) is 0 Å². The van der Waals surface area contributed by atoms with Gasteiger partial charge in [0.15, 0.2) is 6.61 Å². The van der Waals surface area contributed by atoms with Crippen molar-refractivity contribution in [2.75, 3.05) is 18.5 Å². The number of esters is 1. The number of ether oxygens (including phenoxy) is 1. The van der Waals surface area contributed by atoms with Gasteiger partial charge in [-0.15, -0.1) is 0 Å². The number of anilines is 1. The molecule has 8 nitrogen and oxygen atoms in total. The Morgan fingerprint density at radius 2 is 2.04 bits per heavy atom. The second kappa shape index (κ2) is 9.05. The standard InChI is InChI=1S/C19H24ClN3O5/c1-4-5-9-19(3)17(26)23(18(27)22-19)10-16(25)28-11-15(24)21-14-8-6-7-13(20)12(14)2/h6-8H,4-5,9-11H2,1-3H3,(H,21,24)(H,22,27)/t19-/m1/s1. The van der Waals surface area contributed by atoms with Gasteiger partial charge in [0.2, 0.25) is 0 Å². The fraction of sp³-hybridized carbons (Fsp3) is 0.474. The average molecular weight is 410 g/mol. The number of urea groups is 1. The zero-order valence-corrected chi connectivity index (χ0v) is 16.9. The number of benzene rings is 1. The summed E-state index contributed by atoms with van der Waals surface area (Å²) < 4.78 is 4.90. The molecule has 2 rings (SSSR count). The molecule has 2 N–H and O–H groups in total. The lowest BCUT2D eigenvalue weighted by Gasteiger charge is -2.21. The number of carbonyl (C=O) groups excluding carboxylic acids is 4. The van der Waals surface area contributed by atoms with Crippen molar-refractivity contribution in [3.8, 4) is 0 Å². The van der Waals surface area contributed by atoms with E-state index in [4.69, 9.17) is 16.3 Å². The van der Waals surface area contributed by atoms with Crippen LogP contribution in [0.15, 0.2) is 18.2 Å². The van der Waals surface area contributed by atoms with Crippen molar-refractivity contribution in [3.05, 3.63) is 28.8 Å². The first kappa shape index (κ1) is 21.7. The van der Waals surface area contributed by atoms with Crippen LogP contribution in [-0.4, -0.2) is 47.4 Å². The van der Waals surface area contributed by atoms with Crippen LogP contribution >= 0.6 is 11.6 Å². The van der Waals surface area contributed by atoms with Crippen LogP contribution in [0, 0.1) is 6.92 Å². The van der Waals surface area contributed by atoms with Crippen molar-refractivity contribution in [1.29, 1.82) is 0 Å². The van der Waals surface area contributed by atoms with Gasteiger partial charge in [-0.1, -0.05) is 37.4 Å². The Hall–Kier alpha value is -2.61. The van der Waals surface area contributed by atoms with E-state index >= 15 is 0 Å². The molecular weight excluding hydrogens is 386 g/mol. The van der Waals surface area contributed by atoms with E-state index in [1.165, 1.54) is 0 Å². The molecule has 152 valence electrons. The molecule has 1 heterocycles. The second-order valence-electron chi connectivity index (χ2n) is 6.88. The smallest absolute Gasteiger partial charge is 0.326 e. The second-order valence-corrected chi connectivity index (χ2v) is 7.29. The Bertz CT molecular complexity index is 798. The largest absolute Gasteiger partial charge is 0.454 e. The predicted molar refractivity (Wildman–Crippen MR) is 104 cm³/mol. The lowest BCUT2D eigenvalue weighted by atomic mass is 9.95. The van der Waals surface area contributed by atoms with Crippen LogP contribution in [0.4, 0.5) is 10.5 Å². The summed E-state index contributed by atoms with van der Waals surface area (Å²) >= 11 is 5.99. The summed E-state index contributed by atoms with van der Waals surface area (Å²) in [6.45, 7) is 4.28. The van der Waals surface area contributed by atoms with Gasteiger partial charge in [-0.25, -0.2) is 4.79 Å². The molecule has 1 atom stereocenters. The number of imide groups is 1. The molecule has 4 amide bonds. The van der Waals surface area contributed by atoms with E-state index in [0.717, 1.165) is 17.7 Å². The summed E-state index contributed by atoms with van der Waals surface area (Å²) in [5.74, 6) is -1.87. The topological polar surface area (TPSA) is 105 Å². The third-order valence-electron chi connectivity index (χ3n) is 4.57. The molecular formula is C19H24ClN3O5. The van der Waals surface area contributed by atoms with Crippen LogP contribution < -0.4 is 10.6 Å². The number of rotatable bonds is 8. The van der Waals surface area contributed by atoms with Crippen molar-refractivity contribution >= 4 is 41.1 Å². The molecule has 0 radical (unpaired) electrons. The SMILES string of the molecule is CCCC[C@@]1(C)NC(=O)N(CC(=O)OCC(=O)Nc2cccc(Cl)c2C)C1=O. The van der Waals surface area contributed by atoms with Gasteiger partial charge < -0.3 is 15.4 Å². The van der Waals surface area contributed by atoms with Gasteiger partial charge in [0.1, 0.15) is 12.1 Å². The van der Waals surface area contributed by atoms with E-state index in [0.29, 0.717) is 22.7 Å². The highest BCUT2D eigenvalue weighted by atomic mass is 35.5. The summed E-state index contributed by atoms with van der Waals surface area (Å²) in [5, 5.41) is 5.71. The zero-order valence-electron chi connectivity index (χ0n) is 16.1. The van der Waals surface area contributed by atoms with Crippen LogP contribution in [0.5, 0.6) is 0 Å². The summed E-state index contributed by atoms with van der Waals surface area (Å²) in [4.78, 5) is 49.3. The molecule has 1 aromatic rings. The van der Waals surface area contributed by atoms with Crippen LogP contribution in [0.1, 0.15) is 38.7 Å². The lowest BCUT2D eigenvalue weighted by Crippen LogP contribution is -2.44. The maximum Gasteiger partial charge on any atom is 0.326 e. The van der Waals surface area contributed by atoms with Gasteiger partial charge in [0, 0.05) is 10.7 Å². The monoisotopic (exact) mass is 409 g/mol. The first-order chi connectivity index (χ1) is 13.2. The van der Waals surface area contributed by atoms with Gasteiger partial charge >= 0.3 is 12.0 Å². The molecule has 1 fully saturated rings. The number of nitrogens with zero attached hydrogens (tertiary/aromatic N) is 1. The molecule has 1 aliphatic heterocycles. The van der Waals surface area contributed by atoms with E-state index in [-0.39, 0.29) is 0 Å². The normalized spacial score (nSPS) is 18.8. The van der Waals surface area contributed by atoms with Gasteiger partial charge in [-0.3, -0.25) is 19.3 Å². The molecule has 28 heavy (non-hydrogen) atoms. The Labute approximate surface area is 168 Å². The Morgan fingerprint density at radius 1 is 1.32 bits per heavy atom. The molecule has 1 aliphatic rings. The van der Waals surface area contributed by atoms with E-state index in [2.05, 4.69) is 10.6 Å². The first-order valence-corrected chi connectivity index (χ1v) is 9.40. The minimum Gasteiger partial charge on any atom is -0.454 e. The number of hydrogen-bond acceptors (Lipinski definition) is 5. The number of halogens is 1. The number of hydrogen-bond donors (Lipinski definition) is 2. The molecule has 1 aromatic carbocycles. The predicted octanol–water partition coefficient (Wildman–Crippen LogP) is 2.63. The van der Waals surface area contributed by atoms with Crippen LogP contribution in [-0.2, 0) is 19.1 Å². The highest BCUT2D eigenvalue weighted by Gasteiger charge is 2.47. The van der Waals surface area contributed by atoms with Gasteiger partial charge in [-0.2, -0.15) is 0 Å². The number of nitrogens with one attached hydrogen (secondary N) is 2. The average Bonchev–Trinajstić information content (AvgIpc) is 2.85. The van der Waals surface area contributed by atoms with Gasteiger partial charge in [0.25, 0.3) is 11.8 Å². The highest BCUT2D eigenvalue weighted by Crippen LogP contribution is 2.24. The van der Waals surface area contributed by atoms with Gasteiger partial charge in [-0.05, 0) is 38.0 Å². The van der Waals surface area contributed by atoms with E-state index in [1.54, 1.807) is 32.0 Å². The van der Waals surface area contributed by atoms with Crippen molar-refractivity contribution < 1.29 is 23.9 Å². The van der Waals surface area contributed by atoms with Crippen molar-refractivity contribution in [1.82, 2.24) is 10.2 Å². The number of amides is 4.